The number of hydrogen-bond donors (Lipinski definition) is 0. The van der Waals surface area contributed by atoms with Gasteiger partial charge in [0, 0.05) is 10.9 Å². The predicted molar refractivity (Wildman–Crippen MR) is 75.9 cm³/mol. The second kappa shape index (κ2) is 5.70. The third-order valence-corrected chi connectivity index (χ3v) is 3.18. The Kier molecular flexibility index (Phi) is 4.01. The molecular formula is C16H13Br. The predicted octanol–water partition coefficient (Wildman–Crippen LogP) is 4.22. The van der Waals surface area contributed by atoms with Gasteiger partial charge in [0.2, 0.25) is 0 Å². The van der Waals surface area contributed by atoms with E-state index in [-0.39, 0.29) is 0 Å². The van der Waals surface area contributed by atoms with Crippen molar-refractivity contribution in [2.45, 2.75) is 12.8 Å². The molecule has 1 heteroatoms. The van der Waals surface area contributed by atoms with Gasteiger partial charge in [0.15, 0.2) is 0 Å². The Balaban J connectivity index is 2.09. The smallest absolute Gasteiger partial charge is 0.0337 e. The molecule has 0 aromatic heterocycles. The highest BCUT2D eigenvalue weighted by Crippen LogP contribution is 2.14. The van der Waals surface area contributed by atoms with Crippen molar-refractivity contribution in [3.8, 4) is 12.3 Å². The zero-order chi connectivity index (χ0) is 12.1. The van der Waals surface area contributed by atoms with E-state index in [4.69, 9.17) is 6.42 Å². The summed E-state index contributed by atoms with van der Waals surface area (Å²) < 4.78 is 1.12. The number of hydrogen-bond acceptors (Lipinski definition) is 0. The summed E-state index contributed by atoms with van der Waals surface area (Å²) in [4.78, 5) is 0. The van der Waals surface area contributed by atoms with Crippen molar-refractivity contribution in [1.29, 1.82) is 0 Å². The van der Waals surface area contributed by atoms with Gasteiger partial charge in [-0.3, -0.25) is 0 Å². The second-order valence-electron chi connectivity index (χ2n) is 4.00. The lowest BCUT2D eigenvalue weighted by molar-refractivity contribution is 1.18. The third-order valence-electron chi connectivity index (χ3n) is 2.65. The lowest BCUT2D eigenvalue weighted by atomic mass is 10.0. The van der Waals surface area contributed by atoms with E-state index < -0.39 is 0 Å². The number of benzene rings is 2. The van der Waals surface area contributed by atoms with Gasteiger partial charge in [0.05, 0.1) is 0 Å². The Bertz CT molecular complexity index is 515. The second-order valence-corrected chi connectivity index (χ2v) is 4.92. The molecule has 0 spiro atoms. The highest BCUT2D eigenvalue weighted by molar-refractivity contribution is 9.10. The summed E-state index contributed by atoms with van der Waals surface area (Å²) >= 11 is 3.44. The maximum absolute atomic E-state index is 5.28. The van der Waals surface area contributed by atoms with E-state index in [1.807, 2.05) is 0 Å². The van der Waals surface area contributed by atoms with Gasteiger partial charge in [-0.15, -0.1) is 12.3 Å². The maximum atomic E-state index is 5.28. The zero-order valence-electron chi connectivity index (χ0n) is 9.49. The first-order valence-corrected chi connectivity index (χ1v) is 6.33. The molecule has 0 amide bonds. The fourth-order valence-electron chi connectivity index (χ4n) is 1.73. The van der Waals surface area contributed by atoms with Gasteiger partial charge >= 0.3 is 0 Å². The molecule has 0 bridgehead atoms. The number of halogens is 1. The Labute approximate surface area is 111 Å². The molecule has 2 aromatic rings. The van der Waals surface area contributed by atoms with Crippen LogP contribution in [0.25, 0.3) is 0 Å². The van der Waals surface area contributed by atoms with Crippen molar-refractivity contribution in [1.82, 2.24) is 0 Å². The summed E-state index contributed by atoms with van der Waals surface area (Å²) in [6, 6.07) is 16.9. The summed E-state index contributed by atoms with van der Waals surface area (Å²) in [7, 11) is 0. The molecule has 2 aromatic carbocycles. The molecule has 0 aliphatic heterocycles. The molecule has 0 nitrogen and oxygen atoms in total. The van der Waals surface area contributed by atoms with Crippen LogP contribution in [0.2, 0.25) is 0 Å². The van der Waals surface area contributed by atoms with Gasteiger partial charge in [0.1, 0.15) is 0 Å². The summed E-state index contributed by atoms with van der Waals surface area (Å²) in [6.45, 7) is 0. The van der Waals surface area contributed by atoms with E-state index in [1.54, 1.807) is 0 Å². The zero-order valence-corrected chi connectivity index (χ0v) is 11.1. The first-order chi connectivity index (χ1) is 8.28. The largest absolute Gasteiger partial charge is 0.120 e. The van der Waals surface area contributed by atoms with Crippen LogP contribution in [0.1, 0.15) is 16.7 Å². The van der Waals surface area contributed by atoms with Gasteiger partial charge in [-0.25, -0.2) is 0 Å². The van der Waals surface area contributed by atoms with E-state index in [1.165, 1.54) is 16.7 Å². The average Bonchev–Trinajstić information content (AvgIpc) is 2.35. The van der Waals surface area contributed by atoms with Crippen LogP contribution in [0, 0.1) is 12.3 Å². The van der Waals surface area contributed by atoms with Gasteiger partial charge < -0.3 is 0 Å². The van der Waals surface area contributed by atoms with Crippen LogP contribution in [0.5, 0.6) is 0 Å². The van der Waals surface area contributed by atoms with E-state index in [0.717, 1.165) is 10.9 Å². The van der Waals surface area contributed by atoms with Crippen molar-refractivity contribution in [3.63, 3.8) is 0 Å². The van der Waals surface area contributed by atoms with Crippen LogP contribution in [-0.2, 0) is 12.8 Å². The van der Waals surface area contributed by atoms with Crippen molar-refractivity contribution in [2.75, 3.05) is 0 Å². The monoisotopic (exact) mass is 284 g/mol. The quantitative estimate of drug-likeness (QED) is 0.741. The number of terminal acetylenes is 1. The number of rotatable bonds is 3. The van der Waals surface area contributed by atoms with E-state index in [9.17, 15) is 0 Å². The summed E-state index contributed by atoms with van der Waals surface area (Å²) in [5, 5.41) is 0. The maximum Gasteiger partial charge on any atom is 0.0337 e. The standard InChI is InChI=1S/C16H13Br/c1-2-3-13-4-6-14(7-5-13)12-15-8-10-16(17)11-9-15/h1,4-11H,3,12H2. The third kappa shape index (κ3) is 3.47. The molecule has 0 saturated carbocycles. The first kappa shape index (κ1) is 12.0. The molecule has 0 fully saturated rings. The van der Waals surface area contributed by atoms with Crippen LogP contribution in [0.4, 0.5) is 0 Å². The van der Waals surface area contributed by atoms with Crippen LogP contribution < -0.4 is 0 Å². The van der Waals surface area contributed by atoms with Crippen LogP contribution in [0.3, 0.4) is 0 Å². The minimum atomic E-state index is 0.707. The van der Waals surface area contributed by atoms with Gasteiger partial charge in [0.25, 0.3) is 0 Å². The fourth-order valence-corrected chi connectivity index (χ4v) is 2.00. The van der Waals surface area contributed by atoms with Crippen LogP contribution >= 0.6 is 15.9 Å². The highest BCUT2D eigenvalue weighted by Gasteiger charge is 1.97. The van der Waals surface area contributed by atoms with E-state index in [0.29, 0.717) is 6.42 Å². The normalized spacial score (nSPS) is 9.88. The van der Waals surface area contributed by atoms with E-state index in [2.05, 4.69) is 70.4 Å². The molecule has 0 N–H and O–H groups in total. The Morgan fingerprint density at radius 3 is 1.82 bits per heavy atom. The first-order valence-electron chi connectivity index (χ1n) is 5.53. The molecule has 0 radical (unpaired) electrons. The Morgan fingerprint density at radius 1 is 0.824 bits per heavy atom. The lowest BCUT2D eigenvalue weighted by Gasteiger charge is -2.03. The summed E-state index contributed by atoms with van der Waals surface area (Å²) in [5.74, 6) is 2.65. The average molecular weight is 285 g/mol. The SMILES string of the molecule is C#CCc1ccc(Cc2ccc(Br)cc2)cc1. The summed E-state index contributed by atoms with van der Waals surface area (Å²) in [5.41, 5.74) is 3.83. The van der Waals surface area contributed by atoms with Crippen LogP contribution in [-0.4, -0.2) is 0 Å². The lowest BCUT2D eigenvalue weighted by Crippen LogP contribution is -1.89. The molecule has 2 rings (SSSR count). The molecule has 17 heavy (non-hydrogen) atoms. The molecule has 0 heterocycles. The minimum Gasteiger partial charge on any atom is -0.120 e. The van der Waals surface area contributed by atoms with Crippen molar-refractivity contribution < 1.29 is 0 Å². The fraction of sp³-hybridized carbons (Fsp3) is 0.125. The van der Waals surface area contributed by atoms with Crippen molar-refractivity contribution in [3.05, 3.63) is 69.7 Å². The van der Waals surface area contributed by atoms with Gasteiger partial charge in [-0.2, -0.15) is 0 Å². The molecular weight excluding hydrogens is 272 g/mol. The Hall–Kier alpha value is -1.52. The molecule has 0 unspecified atom stereocenters. The molecule has 0 aliphatic rings. The van der Waals surface area contributed by atoms with Crippen LogP contribution in [0.15, 0.2) is 53.0 Å². The van der Waals surface area contributed by atoms with Gasteiger partial charge in [-0.1, -0.05) is 52.3 Å². The highest BCUT2D eigenvalue weighted by atomic mass is 79.9. The Morgan fingerprint density at radius 2 is 1.29 bits per heavy atom. The van der Waals surface area contributed by atoms with Crippen molar-refractivity contribution >= 4 is 15.9 Å². The van der Waals surface area contributed by atoms with E-state index >= 15 is 0 Å². The molecule has 0 aliphatic carbocycles. The van der Waals surface area contributed by atoms with Crippen molar-refractivity contribution in [2.24, 2.45) is 0 Å². The summed E-state index contributed by atoms with van der Waals surface area (Å²) in [6.07, 6.45) is 6.95. The molecule has 0 atom stereocenters. The molecule has 0 saturated heterocycles. The topological polar surface area (TPSA) is 0 Å². The van der Waals surface area contributed by atoms with Gasteiger partial charge in [-0.05, 0) is 35.2 Å². The minimum absolute atomic E-state index is 0.707. The molecule has 84 valence electrons.